The van der Waals surface area contributed by atoms with Gasteiger partial charge >= 0.3 is 0 Å². The third-order valence-corrected chi connectivity index (χ3v) is 4.42. The van der Waals surface area contributed by atoms with Gasteiger partial charge in [0.2, 0.25) is 0 Å². The SMILES string of the molecule is O=C(NCC#Cc1ccccc1)c1csc(-c2ccsc2)n1. The maximum Gasteiger partial charge on any atom is 0.271 e. The van der Waals surface area contributed by atoms with Crippen molar-refractivity contribution in [3.8, 4) is 22.4 Å². The highest BCUT2D eigenvalue weighted by Crippen LogP contribution is 2.25. The molecule has 1 aromatic carbocycles. The van der Waals surface area contributed by atoms with E-state index in [0.29, 0.717) is 12.2 Å². The van der Waals surface area contributed by atoms with Crippen molar-refractivity contribution < 1.29 is 4.79 Å². The Morgan fingerprint density at radius 3 is 2.82 bits per heavy atom. The molecule has 3 nitrogen and oxygen atoms in total. The highest BCUT2D eigenvalue weighted by atomic mass is 32.1. The Labute approximate surface area is 136 Å². The summed E-state index contributed by atoms with van der Waals surface area (Å²) in [4.78, 5) is 16.4. The Bertz CT molecular complexity index is 811. The van der Waals surface area contributed by atoms with Gasteiger partial charge in [-0.25, -0.2) is 4.98 Å². The topological polar surface area (TPSA) is 42.0 Å². The molecular formula is C17H12N2OS2. The van der Waals surface area contributed by atoms with E-state index in [1.54, 1.807) is 16.7 Å². The molecule has 1 amide bonds. The van der Waals surface area contributed by atoms with Crippen LogP contribution < -0.4 is 5.32 Å². The van der Waals surface area contributed by atoms with E-state index in [2.05, 4.69) is 22.1 Å². The lowest BCUT2D eigenvalue weighted by Crippen LogP contribution is -2.23. The lowest BCUT2D eigenvalue weighted by Gasteiger charge is -1.96. The molecule has 108 valence electrons. The minimum Gasteiger partial charge on any atom is -0.340 e. The summed E-state index contributed by atoms with van der Waals surface area (Å²) in [6, 6.07) is 11.7. The van der Waals surface area contributed by atoms with Crippen LogP contribution in [0.1, 0.15) is 16.1 Å². The van der Waals surface area contributed by atoms with Crippen molar-refractivity contribution in [1.82, 2.24) is 10.3 Å². The number of carbonyl (C=O) groups is 1. The van der Waals surface area contributed by atoms with Crippen LogP contribution in [0.2, 0.25) is 0 Å². The second kappa shape index (κ2) is 7.03. The number of aromatic nitrogens is 1. The molecule has 3 rings (SSSR count). The van der Waals surface area contributed by atoms with Crippen molar-refractivity contribution in [3.63, 3.8) is 0 Å². The van der Waals surface area contributed by atoms with Gasteiger partial charge in [0.05, 0.1) is 6.54 Å². The maximum atomic E-state index is 12.0. The van der Waals surface area contributed by atoms with Gasteiger partial charge in [0.15, 0.2) is 0 Å². The normalized spacial score (nSPS) is 9.82. The summed E-state index contributed by atoms with van der Waals surface area (Å²) < 4.78 is 0. The van der Waals surface area contributed by atoms with Crippen LogP contribution in [0.4, 0.5) is 0 Å². The van der Waals surface area contributed by atoms with Crippen molar-refractivity contribution in [2.24, 2.45) is 0 Å². The Hall–Kier alpha value is -2.42. The van der Waals surface area contributed by atoms with Gasteiger partial charge in [0.25, 0.3) is 5.91 Å². The first kappa shape index (κ1) is 14.5. The van der Waals surface area contributed by atoms with Gasteiger partial charge in [-0.3, -0.25) is 4.79 Å². The van der Waals surface area contributed by atoms with Crippen LogP contribution in [0.25, 0.3) is 10.6 Å². The molecule has 0 aliphatic heterocycles. The molecule has 3 aromatic rings. The number of nitrogens with one attached hydrogen (secondary N) is 1. The number of hydrogen-bond donors (Lipinski definition) is 1. The number of nitrogens with zero attached hydrogens (tertiary/aromatic N) is 1. The minimum absolute atomic E-state index is 0.194. The fourth-order valence-corrected chi connectivity index (χ4v) is 3.29. The van der Waals surface area contributed by atoms with Crippen LogP contribution in [-0.2, 0) is 0 Å². The van der Waals surface area contributed by atoms with Crippen LogP contribution in [0.5, 0.6) is 0 Å². The zero-order chi connectivity index (χ0) is 15.2. The van der Waals surface area contributed by atoms with Crippen molar-refractivity contribution in [2.45, 2.75) is 0 Å². The smallest absolute Gasteiger partial charge is 0.271 e. The van der Waals surface area contributed by atoms with E-state index in [1.165, 1.54) is 11.3 Å². The van der Waals surface area contributed by atoms with E-state index in [4.69, 9.17) is 0 Å². The van der Waals surface area contributed by atoms with Crippen LogP contribution in [0.3, 0.4) is 0 Å². The molecule has 5 heteroatoms. The van der Waals surface area contributed by atoms with Gasteiger partial charge in [0, 0.05) is 21.9 Å². The third kappa shape index (κ3) is 3.61. The van der Waals surface area contributed by atoms with E-state index < -0.39 is 0 Å². The summed E-state index contributed by atoms with van der Waals surface area (Å²) in [6.07, 6.45) is 0. The average molecular weight is 324 g/mol. The van der Waals surface area contributed by atoms with Gasteiger partial charge in [-0.15, -0.1) is 11.3 Å². The number of carbonyl (C=O) groups excluding carboxylic acids is 1. The number of thiophene rings is 1. The largest absolute Gasteiger partial charge is 0.340 e. The Kier molecular flexibility index (Phi) is 4.64. The van der Waals surface area contributed by atoms with E-state index in [-0.39, 0.29) is 5.91 Å². The number of rotatable bonds is 3. The minimum atomic E-state index is -0.194. The quantitative estimate of drug-likeness (QED) is 0.747. The molecule has 0 saturated carbocycles. The molecular weight excluding hydrogens is 312 g/mol. The molecule has 0 saturated heterocycles. The summed E-state index contributed by atoms with van der Waals surface area (Å²) in [5, 5.41) is 9.41. The Balaban J connectivity index is 1.58. The maximum absolute atomic E-state index is 12.0. The number of thiazole rings is 1. The van der Waals surface area contributed by atoms with Gasteiger partial charge < -0.3 is 5.32 Å². The van der Waals surface area contributed by atoms with Gasteiger partial charge in [-0.2, -0.15) is 11.3 Å². The number of amides is 1. The monoisotopic (exact) mass is 324 g/mol. The molecule has 0 bridgehead atoms. The Morgan fingerprint density at radius 2 is 2.05 bits per heavy atom. The zero-order valence-electron chi connectivity index (χ0n) is 11.6. The van der Waals surface area contributed by atoms with Gasteiger partial charge in [0.1, 0.15) is 10.7 Å². The summed E-state index contributed by atoms with van der Waals surface area (Å²) in [5.41, 5.74) is 2.43. The average Bonchev–Trinajstić information content (AvgIpc) is 3.22. The second-order valence-electron chi connectivity index (χ2n) is 4.40. The van der Waals surface area contributed by atoms with Crippen LogP contribution in [0, 0.1) is 11.8 Å². The van der Waals surface area contributed by atoms with E-state index in [9.17, 15) is 4.79 Å². The molecule has 0 fully saturated rings. The first-order chi connectivity index (χ1) is 10.8. The van der Waals surface area contributed by atoms with Crippen LogP contribution in [0.15, 0.2) is 52.5 Å². The highest BCUT2D eigenvalue weighted by molar-refractivity contribution is 7.14. The predicted molar refractivity (Wildman–Crippen MR) is 91.1 cm³/mol. The molecule has 0 aliphatic carbocycles. The lowest BCUT2D eigenvalue weighted by atomic mass is 10.2. The second-order valence-corrected chi connectivity index (χ2v) is 6.04. The van der Waals surface area contributed by atoms with Gasteiger partial charge in [-0.05, 0) is 23.6 Å². The molecule has 22 heavy (non-hydrogen) atoms. The molecule has 0 unspecified atom stereocenters. The van der Waals surface area contributed by atoms with E-state index >= 15 is 0 Å². The fraction of sp³-hybridized carbons (Fsp3) is 0.0588. The molecule has 2 aromatic heterocycles. The summed E-state index contributed by atoms with van der Waals surface area (Å²) >= 11 is 3.09. The third-order valence-electron chi connectivity index (χ3n) is 2.85. The molecule has 0 aliphatic rings. The molecule has 0 radical (unpaired) electrons. The first-order valence-corrected chi connectivity index (χ1v) is 8.45. The summed E-state index contributed by atoms with van der Waals surface area (Å²) in [6.45, 7) is 0.305. The molecule has 0 spiro atoms. The van der Waals surface area contributed by atoms with Crippen molar-refractivity contribution >= 4 is 28.6 Å². The van der Waals surface area contributed by atoms with Crippen LogP contribution in [-0.4, -0.2) is 17.4 Å². The van der Waals surface area contributed by atoms with Crippen molar-refractivity contribution in [1.29, 1.82) is 0 Å². The van der Waals surface area contributed by atoms with Crippen molar-refractivity contribution in [3.05, 3.63) is 63.8 Å². The number of hydrogen-bond acceptors (Lipinski definition) is 4. The predicted octanol–water partition coefficient (Wildman–Crippen LogP) is 3.65. The number of benzene rings is 1. The Morgan fingerprint density at radius 1 is 1.18 bits per heavy atom. The van der Waals surface area contributed by atoms with E-state index in [1.807, 2.05) is 47.2 Å². The fourth-order valence-electron chi connectivity index (χ4n) is 1.78. The summed E-state index contributed by atoms with van der Waals surface area (Å²) in [5.74, 6) is 5.74. The van der Waals surface area contributed by atoms with E-state index in [0.717, 1.165) is 16.1 Å². The molecule has 1 N–H and O–H groups in total. The zero-order valence-corrected chi connectivity index (χ0v) is 13.2. The standard InChI is InChI=1S/C17H12N2OS2/c20-16(18-9-4-7-13-5-2-1-3-6-13)15-12-22-17(19-15)14-8-10-21-11-14/h1-3,5-6,8,10-12H,9H2,(H,18,20). The summed E-state index contributed by atoms with van der Waals surface area (Å²) in [7, 11) is 0. The lowest BCUT2D eigenvalue weighted by molar-refractivity contribution is 0.0954. The molecule has 2 heterocycles. The van der Waals surface area contributed by atoms with Crippen molar-refractivity contribution in [2.75, 3.05) is 6.54 Å². The van der Waals surface area contributed by atoms with Crippen LogP contribution >= 0.6 is 22.7 Å². The van der Waals surface area contributed by atoms with Gasteiger partial charge in [-0.1, -0.05) is 30.0 Å². The molecule has 0 atom stereocenters. The first-order valence-electron chi connectivity index (χ1n) is 6.63. The highest BCUT2D eigenvalue weighted by Gasteiger charge is 2.11.